The number of carbonyl (C=O) groups is 1. The van der Waals surface area contributed by atoms with Gasteiger partial charge in [-0.05, 0) is 61.9 Å². The van der Waals surface area contributed by atoms with Gasteiger partial charge in [0.05, 0.1) is 4.90 Å². The summed E-state index contributed by atoms with van der Waals surface area (Å²) in [7, 11) is -3.61. The molecule has 1 N–H and O–H groups in total. The van der Waals surface area contributed by atoms with Crippen molar-refractivity contribution in [2.24, 2.45) is 4.99 Å². The minimum atomic E-state index is -3.61. The molecule has 0 amide bonds. The lowest BCUT2D eigenvalue weighted by Gasteiger charge is -2.09. The van der Waals surface area contributed by atoms with Crippen LogP contribution in [0.2, 0.25) is 0 Å². The topological polar surface area (TPSA) is 84.8 Å². The van der Waals surface area contributed by atoms with Crippen LogP contribution in [0.15, 0.2) is 64.1 Å². The Labute approximate surface area is 156 Å². The number of sulfonamides is 1. The van der Waals surface area contributed by atoms with Crippen LogP contribution in [0.3, 0.4) is 0 Å². The first-order valence-electron chi connectivity index (χ1n) is 8.15. The summed E-state index contributed by atoms with van der Waals surface area (Å²) >= 11 is 0. The Morgan fingerprint density at radius 3 is 2.30 bits per heavy atom. The molecule has 0 bridgehead atoms. The van der Waals surface area contributed by atoms with E-state index in [4.69, 9.17) is 4.74 Å². The van der Waals surface area contributed by atoms with Gasteiger partial charge in [0, 0.05) is 11.6 Å². The highest BCUT2D eigenvalue weighted by Gasteiger charge is 2.24. The summed E-state index contributed by atoms with van der Waals surface area (Å²) in [6.45, 7) is 3.46. The van der Waals surface area contributed by atoms with Crippen molar-refractivity contribution in [1.29, 1.82) is 0 Å². The van der Waals surface area contributed by atoms with Crippen LogP contribution in [0, 0.1) is 5.82 Å². The average molecular weight is 388 g/mol. The fraction of sp³-hybridized carbons (Fsp3) is 0.158. The van der Waals surface area contributed by atoms with Gasteiger partial charge in [0.2, 0.25) is 15.9 Å². The van der Waals surface area contributed by atoms with Crippen molar-refractivity contribution >= 4 is 28.0 Å². The average Bonchev–Trinajstić information content (AvgIpc) is 2.97. The maximum atomic E-state index is 13.0. The third kappa shape index (κ3) is 4.47. The van der Waals surface area contributed by atoms with E-state index in [0.717, 1.165) is 0 Å². The van der Waals surface area contributed by atoms with Gasteiger partial charge in [-0.3, -0.25) is 0 Å². The zero-order chi connectivity index (χ0) is 19.6. The van der Waals surface area contributed by atoms with E-state index in [0.29, 0.717) is 11.1 Å². The highest BCUT2D eigenvalue weighted by Crippen LogP contribution is 2.20. The standard InChI is InChI=1S/C19H17FN2O4S/c1-12(2)22-27(24,25)16-9-5-14(6-10-16)18-21-17(19(23)26-18)11-13-3-7-15(20)8-4-13/h3-12,22H,1-2H3/b17-11-. The number of rotatable bonds is 5. The smallest absolute Gasteiger partial charge is 0.363 e. The molecule has 0 radical (unpaired) electrons. The summed E-state index contributed by atoms with van der Waals surface area (Å²) in [6, 6.07) is 11.2. The highest BCUT2D eigenvalue weighted by atomic mass is 32.2. The van der Waals surface area contributed by atoms with Crippen molar-refractivity contribution in [3.8, 4) is 0 Å². The van der Waals surface area contributed by atoms with Crippen molar-refractivity contribution in [2.75, 3.05) is 0 Å². The van der Waals surface area contributed by atoms with Crippen LogP contribution in [-0.4, -0.2) is 26.3 Å². The van der Waals surface area contributed by atoms with E-state index >= 15 is 0 Å². The lowest BCUT2D eigenvalue weighted by molar-refractivity contribution is -0.129. The molecule has 140 valence electrons. The second-order valence-corrected chi connectivity index (χ2v) is 7.90. The maximum absolute atomic E-state index is 13.0. The Bertz CT molecular complexity index is 1020. The molecule has 1 aliphatic rings. The quantitative estimate of drug-likeness (QED) is 0.631. The normalized spacial score (nSPS) is 15.9. The van der Waals surface area contributed by atoms with Gasteiger partial charge >= 0.3 is 5.97 Å². The molecule has 0 saturated carbocycles. The Kier molecular flexibility index (Phi) is 5.20. The molecule has 0 aliphatic carbocycles. The van der Waals surface area contributed by atoms with E-state index in [-0.39, 0.29) is 28.3 Å². The number of halogens is 1. The zero-order valence-electron chi connectivity index (χ0n) is 14.6. The number of cyclic esters (lactones) is 1. The molecule has 0 aromatic heterocycles. The minimum absolute atomic E-state index is 0.0779. The minimum Gasteiger partial charge on any atom is -0.402 e. The lowest BCUT2D eigenvalue weighted by Crippen LogP contribution is -2.30. The Balaban J connectivity index is 1.84. The van der Waals surface area contributed by atoms with Crippen LogP contribution in [0.25, 0.3) is 6.08 Å². The predicted octanol–water partition coefficient (Wildman–Crippen LogP) is 2.86. The summed E-state index contributed by atoms with van der Waals surface area (Å²) in [5.74, 6) is -0.932. The van der Waals surface area contributed by atoms with Crippen molar-refractivity contribution in [3.63, 3.8) is 0 Å². The fourth-order valence-corrected chi connectivity index (χ4v) is 3.66. The third-order valence-corrected chi connectivity index (χ3v) is 5.27. The van der Waals surface area contributed by atoms with Gasteiger partial charge in [-0.1, -0.05) is 12.1 Å². The number of aliphatic imine (C=N–C) groups is 1. The molecule has 1 aliphatic heterocycles. The van der Waals surface area contributed by atoms with E-state index < -0.39 is 16.0 Å². The van der Waals surface area contributed by atoms with Crippen molar-refractivity contribution in [1.82, 2.24) is 4.72 Å². The van der Waals surface area contributed by atoms with Crippen LogP contribution in [0.4, 0.5) is 4.39 Å². The number of nitrogens with zero attached hydrogens (tertiary/aromatic N) is 1. The lowest BCUT2D eigenvalue weighted by atomic mass is 10.2. The highest BCUT2D eigenvalue weighted by molar-refractivity contribution is 7.89. The number of benzene rings is 2. The second-order valence-electron chi connectivity index (χ2n) is 6.19. The molecule has 1 heterocycles. The third-order valence-electron chi connectivity index (χ3n) is 3.60. The molecule has 0 fully saturated rings. The molecule has 0 unspecified atom stereocenters. The maximum Gasteiger partial charge on any atom is 0.363 e. The molecule has 6 nitrogen and oxygen atoms in total. The summed E-state index contributed by atoms with van der Waals surface area (Å²) in [4.78, 5) is 16.2. The van der Waals surface area contributed by atoms with E-state index in [9.17, 15) is 17.6 Å². The summed E-state index contributed by atoms with van der Waals surface area (Å²) in [5, 5.41) is 0. The molecular formula is C19H17FN2O4S. The van der Waals surface area contributed by atoms with Gasteiger partial charge in [0.15, 0.2) is 5.70 Å². The largest absolute Gasteiger partial charge is 0.402 e. The number of carbonyl (C=O) groups excluding carboxylic acids is 1. The Morgan fingerprint density at radius 2 is 1.70 bits per heavy atom. The summed E-state index contributed by atoms with van der Waals surface area (Å²) in [5.41, 5.74) is 1.15. The van der Waals surface area contributed by atoms with E-state index in [1.54, 1.807) is 13.8 Å². The van der Waals surface area contributed by atoms with Crippen LogP contribution in [0.1, 0.15) is 25.0 Å². The first kappa shape index (κ1) is 18.9. The predicted molar refractivity (Wildman–Crippen MR) is 98.9 cm³/mol. The van der Waals surface area contributed by atoms with Crippen LogP contribution < -0.4 is 4.72 Å². The number of nitrogens with one attached hydrogen (secondary N) is 1. The Morgan fingerprint density at radius 1 is 1.07 bits per heavy atom. The Hall–Kier alpha value is -2.84. The molecule has 2 aromatic rings. The first-order chi connectivity index (χ1) is 12.7. The van der Waals surface area contributed by atoms with Gasteiger partial charge < -0.3 is 4.74 Å². The van der Waals surface area contributed by atoms with Gasteiger partial charge in [0.25, 0.3) is 0 Å². The van der Waals surface area contributed by atoms with E-state index in [2.05, 4.69) is 9.71 Å². The van der Waals surface area contributed by atoms with Gasteiger partial charge in [-0.25, -0.2) is 27.3 Å². The molecule has 8 heteroatoms. The molecule has 27 heavy (non-hydrogen) atoms. The van der Waals surface area contributed by atoms with Crippen molar-refractivity contribution in [3.05, 3.63) is 71.2 Å². The van der Waals surface area contributed by atoms with Crippen LogP contribution in [-0.2, 0) is 19.6 Å². The van der Waals surface area contributed by atoms with Gasteiger partial charge in [-0.2, -0.15) is 0 Å². The van der Waals surface area contributed by atoms with Crippen LogP contribution >= 0.6 is 0 Å². The van der Waals surface area contributed by atoms with Gasteiger partial charge in [-0.15, -0.1) is 0 Å². The van der Waals surface area contributed by atoms with Crippen molar-refractivity contribution in [2.45, 2.75) is 24.8 Å². The molecule has 0 spiro atoms. The fourth-order valence-electron chi connectivity index (χ4n) is 2.40. The number of hydrogen-bond acceptors (Lipinski definition) is 5. The van der Waals surface area contributed by atoms with Crippen molar-refractivity contribution < 1.29 is 22.3 Å². The molecule has 3 rings (SSSR count). The summed E-state index contributed by atoms with van der Waals surface area (Å²) < 4.78 is 44.9. The SMILES string of the molecule is CC(C)NS(=O)(=O)c1ccc(C2=N/C(=C\c3ccc(F)cc3)C(=O)O2)cc1. The summed E-state index contributed by atoms with van der Waals surface area (Å²) in [6.07, 6.45) is 1.49. The first-order valence-corrected chi connectivity index (χ1v) is 9.64. The molecule has 0 atom stereocenters. The number of hydrogen-bond donors (Lipinski definition) is 1. The van der Waals surface area contributed by atoms with Gasteiger partial charge in [0.1, 0.15) is 5.82 Å². The monoisotopic (exact) mass is 388 g/mol. The number of ether oxygens (including phenoxy) is 1. The molecule has 2 aromatic carbocycles. The zero-order valence-corrected chi connectivity index (χ0v) is 15.5. The second kappa shape index (κ2) is 7.42. The molecular weight excluding hydrogens is 371 g/mol. The molecule has 0 saturated heterocycles. The van der Waals surface area contributed by atoms with Crippen LogP contribution in [0.5, 0.6) is 0 Å². The van der Waals surface area contributed by atoms with E-state index in [1.165, 1.54) is 54.6 Å². The number of esters is 1. The van der Waals surface area contributed by atoms with E-state index in [1.807, 2.05) is 0 Å².